The lowest BCUT2D eigenvalue weighted by Crippen LogP contribution is -2.40. The maximum absolute atomic E-state index is 13.0. The summed E-state index contributed by atoms with van der Waals surface area (Å²) >= 11 is 1.29. The van der Waals surface area contributed by atoms with E-state index in [1.165, 1.54) is 29.3 Å². The fourth-order valence-corrected chi connectivity index (χ4v) is 3.97. The number of carbonyl (C=O) groups is 1. The van der Waals surface area contributed by atoms with E-state index in [1.807, 2.05) is 23.1 Å². The van der Waals surface area contributed by atoms with E-state index in [2.05, 4.69) is 29.3 Å². The second kappa shape index (κ2) is 8.10. The molecule has 1 saturated carbocycles. The molecule has 146 valence electrons. The minimum atomic E-state index is 0.0794. The smallest absolute Gasteiger partial charge is 0.233 e. The molecule has 2 aromatic heterocycles. The van der Waals surface area contributed by atoms with Crippen LogP contribution in [0.1, 0.15) is 25.3 Å². The van der Waals surface area contributed by atoms with E-state index in [1.54, 1.807) is 18.4 Å². The van der Waals surface area contributed by atoms with Gasteiger partial charge in [-0.25, -0.2) is 4.68 Å². The average molecular weight is 398 g/mol. The Kier molecular flexibility index (Phi) is 5.38. The van der Waals surface area contributed by atoms with Crippen LogP contribution in [0, 0.1) is 5.92 Å². The molecule has 3 aromatic rings. The normalized spacial score (nSPS) is 14.8. The zero-order valence-electron chi connectivity index (χ0n) is 15.7. The van der Waals surface area contributed by atoms with Gasteiger partial charge in [0.1, 0.15) is 0 Å². The van der Waals surface area contributed by atoms with Crippen LogP contribution < -0.4 is 5.84 Å². The number of aromatic nitrogens is 3. The van der Waals surface area contributed by atoms with Crippen molar-refractivity contribution in [1.82, 2.24) is 19.8 Å². The van der Waals surface area contributed by atoms with Gasteiger partial charge >= 0.3 is 0 Å². The molecule has 0 bridgehead atoms. The molecule has 1 aromatic carbocycles. The third-order valence-corrected chi connectivity index (χ3v) is 5.97. The van der Waals surface area contributed by atoms with Crippen molar-refractivity contribution in [2.45, 2.75) is 37.5 Å². The number of nitrogens with zero attached hydrogens (tertiary/aromatic N) is 4. The average Bonchev–Trinajstić information content (AvgIpc) is 3.30. The number of thioether (sulfide) groups is 1. The Balaban J connectivity index is 1.44. The summed E-state index contributed by atoms with van der Waals surface area (Å²) in [5.41, 5.74) is 1.13. The fourth-order valence-electron chi connectivity index (χ4n) is 3.23. The summed E-state index contributed by atoms with van der Waals surface area (Å²) in [5.74, 6) is 8.00. The van der Waals surface area contributed by atoms with Gasteiger partial charge in [-0.15, -0.1) is 10.2 Å². The lowest BCUT2D eigenvalue weighted by molar-refractivity contribution is -0.131. The minimum Gasteiger partial charge on any atom is -0.461 e. The lowest BCUT2D eigenvalue weighted by atomic mass is 10.1. The highest BCUT2D eigenvalue weighted by Crippen LogP contribution is 2.36. The highest BCUT2D eigenvalue weighted by atomic mass is 32.2. The van der Waals surface area contributed by atoms with Crippen molar-refractivity contribution in [3.05, 3.63) is 54.3 Å². The molecule has 2 N–H and O–H groups in total. The van der Waals surface area contributed by atoms with Gasteiger partial charge in [-0.05, 0) is 43.4 Å². The first-order valence-corrected chi connectivity index (χ1v) is 10.3. The summed E-state index contributed by atoms with van der Waals surface area (Å²) in [7, 11) is 0. The van der Waals surface area contributed by atoms with E-state index in [0.29, 0.717) is 29.2 Å². The fraction of sp³-hybridized carbons (Fsp3) is 0.350. The zero-order chi connectivity index (χ0) is 19.5. The van der Waals surface area contributed by atoms with Gasteiger partial charge in [0.25, 0.3) is 0 Å². The number of amides is 1. The first-order chi connectivity index (χ1) is 13.6. The molecule has 28 heavy (non-hydrogen) atoms. The molecule has 0 radical (unpaired) electrons. The summed E-state index contributed by atoms with van der Waals surface area (Å²) in [5, 5.41) is 8.65. The number of benzene rings is 1. The second-order valence-corrected chi connectivity index (χ2v) is 7.97. The van der Waals surface area contributed by atoms with Crippen LogP contribution in [0.15, 0.2) is 58.3 Å². The summed E-state index contributed by atoms with van der Waals surface area (Å²) in [4.78, 5) is 15.0. The highest BCUT2D eigenvalue weighted by molar-refractivity contribution is 7.99. The monoisotopic (exact) mass is 397 g/mol. The molecule has 1 aliphatic carbocycles. The molecule has 1 aliphatic rings. The Morgan fingerprint density at radius 1 is 1.29 bits per heavy atom. The Bertz CT molecular complexity index is 921. The van der Waals surface area contributed by atoms with E-state index >= 15 is 0 Å². The highest BCUT2D eigenvalue weighted by Gasteiger charge is 2.34. The van der Waals surface area contributed by atoms with Crippen molar-refractivity contribution in [3.63, 3.8) is 0 Å². The maximum atomic E-state index is 13.0. The molecule has 0 aliphatic heterocycles. The number of furan rings is 1. The standard InChI is InChI=1S/C20H23N5O2S/c1-14(16-9-10-16)24(12-15-6-3-2-4-7-15)18(26)13-28-20-23-22-19(25(20)21)17-8-5-11-27-17/h2-8,11,14,16H,9-10,12-13,21H2,1H3. The van der Waals surface area contributed by atoms with Crippen LogP contribution >= 0.6 is 11.8 Å². The topological polar surface area (TPSA) is 90.2 Å². The van der Waals surface area contributed by atoms with Crippen molar-refractivity contribution < 1.29 is 9.21 Å². The van der Waals surface area contributed by atoms with Crippen molar-refractivity contribution in [3.8, 4) is 11.6 Å². The Hall–Kier alpha value is -2.74. The molecule has 1 atom stereocenters. The Labute approximate surface area is 167 Å². The first-order valence-electron chi connectivity index (χ1n) is 9.34. The molecular weight excluding hydrogens is 374 g/mol. The van der Waals surface area contributed by atoms with Crippen LogP contribution in [0.3, 0.4) is 0 Å². The molecule has 0 spiro atoms. The van der Waals surface area contributed by atoms with E-state index < -0.39 is 0 Å². The number of nitrogens with two attached hydrogens (primary N) is 1. The van der Waals surface area contributed by atoms with Gasteiger partial charge < -0.3 is 15.2 Å². The SMILES string of the molecule is CC(C1CC1)N(Cc1ccccc1)C(=O)CSc1nnc(-c2ccco2)n1N. The molecule has 8 heteroatoms. The number of hydrogen-bond donors (Lipinski definition) is 1. The second-order valence-electron chi connectivity index (χ2n) is 7.03. The molecule has 0 saturated heterocycles. The molecule has 1 unspecified atom stereocenters. The van der Waals surface area contributed by atoms with Crippen LogP contribution in [-0.4, -0.2) is 37.5 Å². The van der Waals surface area contributed by atoms with Gasteiger partial charge in [0.15, 0.2) is 5.76 Å². The van der Waals surface area contributed by atoms with Gasteiger partial charge in [-0.2, -0.15) is 0 Å². The van der Waals surface area contributed by atoms with Crippen LogP contribution in [0.4, 0.5) is 0 Å². The number of hydrogen-bond acceptors (Lipinski definition) is 6. The largest absolute Gasteiger partial charge is 0.461 e. The zero-order valence-corrected chi connectivity index (χ0v) is 16.5. The van der Waals surface area contributed by atoms with Crippen LogP contribution in [0.5, 0.6) is 0 Å². The van der Waals surface area contributed by atoms with Gasteiger partial charge in [-0.1, -0.05) is 42.1 Å². The van der Waals surface area contributed by atoms with Gasteiger partial charge in [-0.3, -0.25) is 4.79 Å². The van der Waals surface area contributed by atoms with Crippen molar-refractivity contribution in [1.29, 1.82) is 0 Å². The lowest BCUT2D eigenvalue weighted by Gasteiger charge is -2.29. The van der Waals surface area contributed by atoms with Crippen LogP contribution in [0.25, 0.3) is 11.6 Å². The quantitative estimate of drug-likeness (QED) is 0.464. The molecule has 2 heterocycles. The van der Waals surface area contributed by atoms with Gasteiger partial charge in [0, 0.05) is 12.6 Å². The van der Waals surface area contributed by atoms with Crippen molar-refractivity contribution in [2.75, 3.05) is 11.6 Å². The summed E-state index contributed by atoms with van der Waals surface area (Å²) < 4.78 is 6.68. The van der Waals surface area contributed by atoms with Crippen LogP contribution in [0.2, 0.25) is 0 Å². The molecule has 1 amide bonds. The molecular formula is C20H23N5O2S. The van der Waals surface area contributed by atoms with Crippen LogP contribution in [-0.2, 0) is 11.3 Å². The predicted molar refractivity (Wildman–Crippen MR) is 108 cm³/mol. The molecule has 4 rings (SSSR count). The van der Waals surface area contributed by atoms with Gasteiger partial charge in [0.05, 0.1) is 12.0 Å². The third kappa shape index (κ3) is 4.06. The predicted octanol–water partition coefficient (Wildman–Crippen LogP) is 3.17. The molecule has 7 nitrogen and oxygen atoms in total. The van der Waals surface area contributed by atoms with E-state index in [4.69, 9.17) is 10.3 Å². The summed E-state index contributed by atoms with van der Waals surface area (Å²) in [6.45, 7) is 2.76. The van der Waals surface area contributed by atoms with E-state index in [-0.39, 0.29) is 17.7 Å². The number of carbonyl (C=O) groups excluding carboxylic acids is 1. The van der Waals surface area contributed by atoms with Gasteiger partial charge in [0.2, 0.25) is 16.9 Å². The maximum Gasteiger partial charge on any atom is 0.233 e. The van der Waals surface area contributed by atoms with E-state index in [9.17, 15) is 4.79 Å². The summed E-state index contributed by atoms with van der Waals surface area (Å²) in [6.07, 6.45) is 3.94. The van der Waals surface area contributed by atoms with Crippen molar-refractivity contribution >= 4 is 17.7 Å². The minimum absolute atomic E-state index is 0.0794. The van der Waals surface area contributed by atoms with E-state index in [0.717, 1.165) is 5.56 Å². The number of rotatable bonds is 8. The Morgan fingerprint density at radius 3 is 2.75 bits per heavy atom. The summed E-state index contributed by atoms with van der Waals surface area (Å²) in [6, 6.07) is 13.9. The Morgan fingerprint density at radius 2 is 2.07 bits per heavy atom. The molecule has 1 fully saturated rings. The first kappa shape index (κ1) is 18.6. The number of nitrogen functional groups attached to an aromatic ring is 1. The third-order valence-electron chi connectivity index (χ3n) is 5.04. The van der Waals surface area contributed by atoms with Crippen molar-refractivity contribution in [2.24, 2.45) is 5.92 Å².